The van der Waals surface area contributed by atoms with E-state index in [1.165, 1.54) is 11.3 Å². The van der Waals surface area contributed by atoms with E-state index < -0.39 is 11.8 Å². The van der Waals surface area contributed by atoms with Crippen molar-refractivity contribution in [1.82, 2.24) is 5.32 Å². The fourth-order valence-corrected chi connectivity index (χ4v) is 1.32. The smallest absolute Gasteiger partial charge is 0.267 e. The van der Waals surface area contributed by atoms with E-state index in [1.807, 2.05) is 0 Å². The summed E-state index contributed by atoms with van der Waals surface area (Å²) in [5.74, 6) is -1.07. The van der Waals surface area contributed by atoms with Crippen molar-refractivity contribution in [2.24, 2.45) is 0 Å². The second-order valence-corrected chi connectivity index (χ2v) is 3.20. The Labute approximate surface area is 78.3 Å². The zero-order valence-corrected chi connectivity index (χ0v) is 7.61. The van der Waals surface area contributed by atoms with Gasteiger partial charge in [-0.1, -0.05) is 6.07 Å². The van der Waals surface area contributed by atoms with E-state index in [9.17, 15) is 9.59 Å². The van der Waals surface area contributed by atoms with Gasteiger partial charge in [-0.25, -0.2) is 0 Å². The molecule has 1 heterocycles. The first-order valence-corrected chi connectivity index (χ1v) is 4.59. The van der Waals surface area contributed by atoms with Crippen molar-refractivity contribution in [1.29, 1.82) is 0 Å². The Bertz CT molecular complexity index is 284. The number of amides is 2. The van der Waals surface area contributed by atoms with E-state index >= 15 is 0 Å². The number of halogens is 1. The highest BCUT2D eigenvalue weighted by molar-refractivity contribution is 7.12. The van der Waals surface area contributed by atoms with Crippen molar-refractivity contribution in [3.63, 3.8) is 0 Å². The number of rotatable bonds is 2. The summed E-state index contributed by atoms with van der Waals surface area (Å²) in [5, 5.41) is 3.90. The van der Waals surface area contributed by atoms with Gasteiger partial charge in [-0.15, -0.1) is 22.9 Å². The minimum absolute atomic E-state index is 0.197. The Balaban J connectivity index is 2.56. The first-order valence-electron chi connectivity index (χ1n) is 3.17. The van der Waals surface area contributed by atoms with E-state index in [0.29, 0.717) is 4.88 Å². The van der Waals surface area contributed by atoms with Crippen LogP contribution < -0.4 is 5.32 Å². The van der Waals surface area contributed by atoms with Gasteiger partial charge in [0.2, 0.25) is 5.91 Å². The highest BCUT2D eigenvalue weighted by Crippen LogP contribution is 2.07. The Morgan fingerprint density at radius 3 is 2.83 bits per heavy atom. The molecule has 12 heavy (non-hydrogen) atoms. The first kappa shape index (κ1) is 9.22. The van der Waals surface area contributed by atoms with Crippen LogP contribution in [0.2, 0.25) is 0 Å². The third-order valence-corrected chi connectivity index (χ3v) is 2.23. The molecule has 3 nitrogen and oxygen atoms in total. The molecular formula is C7H6ClNO2S. The van der Waals surface area contributed by atoms with E-state index in [-0.39, 0.29) is 5.88 Å². The number of hydrogen-bond acceptors (Lipinski definition) is 3. The topological polar surface area (TPSA) is 46.2 Å². The maximum Gasteiger partial charge on any atom is 0.267 e. The predicted octanol–water partition coefficient (Wildman–Crippen LogP) is 1.24. The lowest BCUT2D eigenvalue weighted by Gasteiger charge is -1.97. The molecule has 5 heteroatoms. The molecule has 1 aromatic rings. The van der Waals surface area contributed by atoms with Crippen LogP contribution >= 0.6 is 22.9 Å². The molecule has 0 spiro atoms. The molecule has 0 aliphatic carbocycles. The van der Waals surface area contributed by atoms with Gasteiger partial charge in [0.15, 0.2) is 0 Å². The standard InChI is InChI=1S/C7H6ClNO2S/c8-4-6(10)9-7(11)5-2-1-3-12-5/h1-3H,4H2,(H,9,10,11). The summed E-state index contributed by atoms with van der Waals surface area (Å²) in [4.78, 5) is 22.3. The molecule has 1 N–H and O–H groups in total. The lowest BCUT2D eigenvalue weighted by Crippen LogP contribution is -2.30. The van der Waals surface area contributed by atoms with Crippen LogP contribution in [-0.2, 0) is 4.79 Å². The molecule has 0 unspecified atom stereocenters. The van der Waals surface area contributed by atoms with Crippen molar-refractivity contribution < 1.29 is 9.59 Å². The van der Waals surface area contributed by atoms with Gasteiger partial charge in [-0.2, -0.15) is 0 Å². The van der Waals surface area contributed by atoms with E-state index in [2.05, 4.69) is 5.32 Å². The molecule has 0 aliphatic heterocycles. The normalized spacial score (nSPS) is 9.42. The zero-order chi connectivity index (χ0) is 8.97. The van der Waals surface area contributed by atoms with Gasteiger partial charge in [-0.3, -0.25) is 14.9 Å². The molecule has 1 aromatic heterocycles. The van der Waals surface area contributed by atoms with E-state index in [1.54, 1.807) is 17.5 Å². The average molecular weight is 204 g/mol. The Morgan fingerprint density at radius 1 is 1.58 bits per heavy atom. The summed E-state index contributed by atoms with van der Waals surface area (Å²) in [6.45, 7) is 0. The Hall–Kier alpha value is -0.870. The highest BCUT2D eigenvalue weighted by atomic mass is 35.5. The predicted molar refractivity (Wildman–Crippen MR) is 47.5 cm³/mol. The first-order chi connectivity index (χ1) is 5.74. The zero-order valence-electron chi connectivity index (χ0n) is 6.04. The van der Waals surface area contributed by atoms with Crippen LogP contribution in [0.25, 0.3) is 0 Å². The lowest BCUT2D eigenvalue weighted by atomic mass is 10.4. The van der Waals surface area contributed by atoms with Crippen molar-refractivity contribution in [2.75, 3.05) is 5.88 Å². The minimum atomic E-state index is -0.477. The number of hydrogen-bond donors (Lipinski definition) is 1. The van der Waals surface area contributed by atoms with E-state index in [4.69, 9.17) is 11.6 Å². The molecule has 1 rings (SSSR count). The van der Waals surface area contributed by atoms with Crippen LogP contribution in [0.4, 0.5) is 0 Å². The molecule has 0 atom stereocenters. The third kappa shape index (κ3) is 2.32. The molecule has 64 valence electrons. The van der Waals surface area contributed by atoms with Crippen molar-refractivity contribution >= 4 is 34.8 Å². The number of carbonyl (C=O) groups excluding carboxylic acids is 2. The summed E-state index contributed by atoms with van der Waals surface area (Å²) in [7, 11) is 0. The van der Waals surface area contributed by atoms with Crippen molar-refractivity contribution in [2.45, 2.75) is 0 Å². The molecule has 0 aromatic carbocycles. The number of imide groups is 1. The largest absolute Gasteiger partial charge is 0.291 e. The van der Waals surface area contributed by atoms with Gasteiger partial charge >= 0.3 is 0 Å². The fraction of sp³-hybridized carbons (Fsp3) is 0.143. The number of carbonyl (C=O) groups is 2. The van der Waals surface area contributed by atoms with E-state index in [0.717, 1.165) is 0 Å². The summed E-state index contributed by atoms with van der Waals surface area (Å²) in [5.41, 5.74) is 0. The van der Waals surface area contributed by atoms with Gasteiger partial charge < -0.3 is 0 Å². The van der Waals surface area contributed by atoms with Crippen LogP contribution in [0.15, 0.2) is 17.5 Å². The quantitative estimate of drug-likeness (QED) is 0.736. The van der Waals surface area contributed by atoms with Gasteiger partial charge in [0.25, 0.3) is 5.91 Å². The summed E-state index contributed by atoms with van der Waals surface area (Å²) < 4.78 is 0. The molecule has 0 bridgehead atoms. The van der Waals surface area contributed by atoms with Crippen LogP contribution in [0.3, 0.4) is 0 Å². The molecule has 0 saturated heterocycles. The second-order valence-electron chi connectivity index (χ2n) is 1.99. The van der Waals surface area contributed by atoms with Crippen LogP contribution in [0.5, 0.6) is 0 Å². The van der Waals surface area contributed by atoms with Gasteiger partial charge in [0, 0.05) is 0 Å². The van der Waals surface area contributed by atoms with Crippen LogP contribution in [0, 0.1) is 0 Å². The fourth-order valence-electron chi connectivity index (χ4n) is 0.629. The van der Waals surface area contributed by atoms with Crippen molar-refractivity contribution in [3.8, 4) is 0 Å². The molecule has 0 fully saturated rings. The average Bonchev–Trinajstić information content (AvgIpc) is 2.56. The molecule has 0 aliphatic rings. The molecule has 0 saturated carbocycles. The second kappa shape index (κ2) is 4.23. The third-order valence-electron chi connectivity index (χ3n) is 1.12. The number of thiophene rings is 1. The number of nitrogens with one attached hydrogen (secondary N) is 1. The Morgan fingerprint density at radius 2 is 2.33 bits per heavy atom. The maximum atomic E-state index is 11.1. The SMILES string of the molecule is O=C(CCl)NC(=O)c1cccs1. The molecular weight excluding hydrogens is 198 g/mol. The number of alkyl halides is 1. The Kier molecular flexibility index (Phi) is 3.25. The molecule has 2 amide bonds. The summed E-state index contributed by atoms with van der Waals surface area (Å²) >= 11 is 6.47. The van der Waals surface area contributed by atoms with Crippen molar-refractivity contribution in [3.05, 3.63) is 22.4 Å². The minimum Gasteiger partial charge on any atom is -0.291 e. The van der Waals surface area contributed by atoms with Crippen LogP contribution in [-0.4, -0.2) is 17.7 Å². The van der Waals surface area contributed by atoms with Gasteiger partial charge in [-0.05, 0) is 11.4 Å². The lowest BCUT2D eigenvalue weighted by molar-refractivity contribution is -0.117. The maximum absolute atomic E-state index is 11.1. The summed E-state index contributed by atoms with van der Waals surface area (Å²) in [6.07, 6.45) is 0. The van der Waals surface area contributed by atoms with Gasteiger partial charge in [0.05, 0.1) is 4.88 Å². The molecule has 0 radical (unpaired) electrons. The van der Waals surface area contributed by atoms with Gasteiger partial charge in [0.1, 0.15) is 5.88 Å². The van der Waals surface area contributed by atoms with Crippen LogP contribution in [0.1, 0.15) is 9.67 Å². The highest BCUT2D eigenvalue weighted by Gasteiger charge is 2.08. The monoisotopic (exact) mass is 203 g/mol. The summed E-state index contributed by atoms with van der Waals surface area (Å²) in [6, 6.07) is 3.38.